The van der Waals surface area contributed by atoms with Gasteiger partial charge in [-0.2, -0.15) is 8.42 Å². The van der Waals surface area contributed by atoms with Crippen molar-refractivity contribution in [2.75, 3.05) is 14.2 Å². The van der Waals surface area contributed by atoms with Crippen molar-refractivity contribution >= 4 is 22.1 Å². The number of fused-ring (bicyclic) bond motifs is 1. The molecule has 2 N–H and O–H groups in total. The molecule has 2 aromatic rings. The maximum atomic E-state index is 13.8. The second-order valence-corrected chi connectivity index (χ2v) is 12.9. The van der Waals surface area contributed by atoms with Crippen LogP contribution in [0.4, 0.5) is 9.18 Å². The number of rotatable bonds is 7. The lowest BCUT2D eigenvalue weighted by atomic mass is 9.98. The molecular formula is C27H37FN4O8S. The third-order valence-corrected chi connectivity index (χ3v) is 7.54. The van der Waals surface area contributed by atoms with E-state index in [1.54, 1.807) is 34.6 Å². The van der Waals surface area contributed by atoms with Crippen LogP contribution < -0.4 is 10.9 Å². The number of nitrogens with one attached hydrogen (secondary N) is 1. The normalized spacial score (nSPS) is 19.2. The van der Waals surface area contributed by atoms with Crippen molar-refractivity contribution in [1.29, 1.82) is 0 Å². The van der Waals surface area contributed by atoms with Gasteiger partial charge in [0.05, 0.1) is 23.8 Å². The van der Waals surface area contributed by atoms with E-state index in [0.29, 0.717) is 17.5 Å². The van der Waals surface area contributed by atoms with Gasteiger partial charge in [0.15, 0.2) is 0 Å². The summed E-state index contributed by atoms with van der Waals surface area (Å²) < 4.78 is 59.5. The fourth-order valence-corrected chi connectivity index (χ4v) is 5.21. The van der Waals surface area contributed by atoms with Crippen LogP contribution >= 0.6 is 0 Å². The Balaban J connectivity index is 2.16. The predicted molar refractivity (Wildman–Crippen MR) is 147 cm³/mol. The Kier molecular flexibility index (Phi) is 9.30. The van der Waals surface area contributed by atoms with Crippen LogP contribution in [0.15, 0.2) is 23.0 Å². The smallest absolute Gasteiger partial charge is 0.410 e. The van der Waals surface area contributed by atoms with Gasteiger partial charge in [-0.1, -0.05) is 12.1 Å². The Hall–Kier alpha value is -3.36. The van der Waals surface area contributed by atoms with E-state index in [1.807, 2.05) is 0 Å². The summed E-state index contributed by atoms with van der Waals surface area (Å²) in [4.78, 5) is 46.0. The van der Waals surface area contributed by atoms with Gasteiger partial charge in [0, 0.05) is 20.7 Å². The first-order chi connectivity index (χ1) is 18.8. The van der Waals surface area contributed by atoms with Crippen molar-refractivity contribution < 1.29 is 36.4 Å². The first-order valence-electron chi connectivity index (χ1n) is 13.0. The zero-order chi connectivity index (χ0) is 30.9. The summed E-state index contributed by atoms with van der Waals surface area (Å²) in [5.74, 6) is -2.43. The molecule has 12 nitrogen and oxygen atoms in total. The van der Waals surface area contributed by atoms with E-state index in [-0.39, 0.29) is 25.3 Å². The minimum Gasteiger partial charge on any atom is -0.444 e. The molecule has 0 saturated carbocycles. The summed E-state index contributed by atoms with van der Waals surface area (Å²) in [5.41, 5.74) is -2.72. The summed E-state index contributed by atoms with van der Waals surface area (Å²) in [6.07, 6.45) is -0.0347. The summed E-state index contributed by atoms with van der Waals surface area (Å²) in [5, 5.41) is 2.58. The monoisotopic (exact) mass is 596 g/mol. The molecule has 1 aliphatic rings. The molecule has 14 heteroatoms. The van der Waals surface area contributed by atoms with Gasteiger partial charge in [0.25, 0.3) is 21.6 Å². The first-order valence-corrected chi connectivity index (χ1v) is 14.6. The summed E-state index contributed by atoms with van der Waals surface area (Å²) in [6.45, 7) is 8.31. The van der Waals surface area contributed by atoms with Crippen LogP contribution in [0.3, 0.4) is 0 Å². The van der Waals surface area contributed by atoms with E-state index in [0.717, 1.165) is 0 Å². The highest BCUT2D eigenvalue weighted by Crippen LogP contribution is 2.34. The molecule has 2 atom stereocenters. The number of ether oxygens (including phenoxy) is 2. The molecule has 41 heavy (non-hydrogen) atoms. The second kappa shape index (κ2) is 11.9. The van der Waals surface area contributed by atoms with E-state index in [1.165, 1.54) is 41.8 Å². The zero-order valence-electron chi connectivity index (χ0n) is 24.3. The number of methoxy groups -OCH3 is 1. The first kappa shape index (κ1) is 32.2. The maximum absolute atomic E-state index is 13.8. The van der Waals surface area contributed by atoms with Gasteiger partial charge < -0.3 is 19.7 Å². The van der Waals surface area contributed by atoms with Crippen LogP contribution in [-0.2, 0) is 38.4 Å². The lowest BCUT2D eigenvalue weighted by Gasteiger charge is -2.30. The molecule has 0 saturated heterocycles. The second-order valence-electron chi connectivity index (χ2n) is 11.5. The molecule has 0 fully saturated rings. The van der Waals surface area contributed by atoms with Crippen molar-refractivity contribution in [3.8, 4) is 0 Å². The SMILES string of the molecule is COC1(C)CCC(N(C)C(=O)OC(C)(C)C)c2nc(C(=O)NCc3ccc(F)c(C)c3)c(CS(=O)(=O)O)c(=O)n2C1. The Bertz CT molecular complexity index is 1500. The average molecular weight is 597 g/mol. The Morgan fingerprint density at radius 2 is 1.98 bits per heavy atom. The standard InChI is InChI=1S/C27H37FN4O8S/c1-16-12-17(8-9-19(16)28)13-29-23(33)21-18(14-41(36,37)38)24(34)32-15-27(5,39-7)11-10-20(22(32)30-21)31(6)25(35)40-26(2,3)4/h8-9,12,20H,10-11,13-15H2,1-7H3,(H,29,33)(H,36,37,38). The molecule has 226 valence electrons. The Morgan fingerprint density at radius 3 is 2.54 bits per heavy atom. The van der Waals surface area contributed by atoms with Crippen LogP contribution in [0, 0.1) is 12.7 Å². The van der Waals surface area contributed by atoms with Crippen molar-refractivity contribution in [1.82, 2.24) is 19.8 Å². The highest BCUT2D eigenvalue weighted by atomic mass is 32.2. The third-order valence-electron chi connectivity index (χ3n) is 6.89. The van der Waals surface area contributed by atoms with Crippen molar-refractivity contribution in [3.05, 3.63) is 62.6 Å². The van der Waals surface area contributed by atoms with E-state index in [9.17, 15) is 31.7 Å². The van der Waals surface area contributed by atoms with Gasteiger partial charge in [-0.25, -0.2) is 14.2 Å². The molecule has 2 heterocycles. The third kappa shape index (κ3) is 7.89. The number of aromatic nitrogens is 2. The van der Waals surface area contributed by atoms with Crippen LogP contribution in [0.5, 0.6) is 0 Å². The lowest BCUT2D eigenvalue weighted by molar-refractivity contribution is -0.0173. The number of carbonyl (C=O) groups is 2. The van der Waals surface area contributed by atoms with Crippen molar-refractivity contribution in [2.45, 2.75) is 83.5 Å². The van der Waals surface area contributed by atoms with Gasteiger partial charge >= 0.3 is 6.09 Å². The average Bonchev–Trinajstić information content (AvgIpc) is 3.00. The maximum Gasteiger partial charge on any atom is 0.410 e. The van der Waals surface area contributed by atoms with Gasteiger partial charge in [-0.15, -0.1) is 0 Å². The number of hydrogen-bond donors (Lipinski definition) is 2. The van der Waals surface area contributed by atoms with Crippen LogP contribution in [0.1, 0.15) is 79.6 Å². The number of halogens is 1. The van der Waals surface area contributed by atoms with Gasteiger partial charge in [-0.3, -0.25) is 18.7 Å². The molecule has 0 radical (unpaired) electrons. The number of carbonyl (C=O) groups excluding carboxylic acids is 2. The fourth-order valence-electron chi connectivity index (χ4n) is 4.58. The van der Waals surface area contributed by atoms with E-state index in [4.69, 9.17) is 9.47 Å². The minimum atomic E-state index is -4.76. The van der Waals surface area contributed by atoms with E-state index in [2.05, 4.69) is 10.3 Å². The zero-order valence-corrected chi connectivity index (χ0v) is 25.1. The van der Waals surface area contributed by atoms with Gasteiger partial charge in [-0.05, 0) is 64.7 Å². The van der Waals surface area contributed by atoms with Crippen LogP contribution in [0.2, 0.25) is 0 Å². The van der Waals surface area contributed by atoms with Crippen LogP contribution in [0.25, 0.3) is 0 Å². The predicted octanol–water partition coefficient (Wildman–Crippen LogP) is 3.12. The summed E-state index contributed by atoms with van der Waals surface area (Å²) >= 11 is 0. The molecule has 1 aliphatic heterocycles. The minimum absolute atomic E-state index is 0.0333. The fraction of sp³-hybridized carbons (Fsp3) is 0.556. The molecule has 2 unspecified atom stereocenters. The molecular weight excluding hydrogens is 559 g/mol. The lowest BCUT2D eigenvalue weighted by Crippen LogP contribution is -2.42. The number of hydrogen-bond acceptors (Lipinski definition) is 8. The number of benzene rings is 1. The molecule has 0 bridgehead atoms. The van der Waals surface area contributed by atoms with Gasteiger partial charge in [0.2, 0.25) is 0 Å². The van der Waals surface area contributed by atoms with E-state index >= 15 is 0 Å². The highest BCUT2D eigenvalue weighted by Gasteiger charge is 2.39. The topological polar surface area (TPSA) is 157 Å². The molecule has 2 amide bonds. The molecule has 0 aliphatic carbocycles. The summed E-state index contributed by atoms with van der Waals surface area (Å²) in [6, 6.07) is 3.40. The number of aryl methyl sites for hydroxylation is 1. The quantitative estimate of drug-likeness (QED) is 0.458. The number of nitrogens with zero attached hydrogens (tertiary/aromatic N) is 3. The summed E-state index contributed by atoms with van der Waals surface area (Å²) in [7, 11) is -1.81. The molecule has 0 spiro atoms. The molecule has 3 rings (SSSR count). The number of amides is 2. The largest absolute Gasteiger partial charge is 0.444 e. The Morgan fingerprint density at radius 1 is 1.32 bits per heavy atom. The van der Waals surface area contributed by atoms with Crippen molar-refractivity contribution in [3.63, 3.8) is 0 Å². The van der Waals surface area contributed by atoms with E-state index < -0.39 is 67.7 Å². The van der Waals surface area contributed by atoms with Crippen molar-refractivity contribution in [2.24, 2.45) is 0 Å². The highest BCUT2D eigenvalue weighted by molar-refractivity contribution is 7.85. The Labute approximate surface area is 238 Å². The molecule has 1 aromatic carbocycles. The molecule has 1 aromatic heterocycles. The van der Waals surface area contributed by atoms with Gasteiger partial charge in [0.1, 0.15) is 28.7 Å². The van der Waals surface area contributed by atoms with Crippen LogP contribution in [-0.4, -0.2) is 64.8 Å².